The number of hydrogen-bond donors (Lipinski definition) is 2. The average Bonchev–Trinajstić information content (AvgIpc) is 2.53. The molecule has 24 heavy (non-hydrogen) atoms. The fourth-order valence-electron chi connectivity index (χ4n) is 2.89. The Bertz CT molecular complexity index is 326. The van der Waals surface area contributed by atoms with E-state index < -0.39 is 17.9 Å². The fraction of sp³-hybridized carbons (Fsp3) is 0.900. The van der Waals surface area contributed by atoms with Crippen molar-refractivity contribution in [3.8, 4) is 0 Å². The molecule has 0 aliphatic rings. The number of carbonyl (C=O) groups excluding carboxylic acids is 1. The monoisotopic (exact) mass is 342 g/mol. The summed E-state index contributed by atoms with van der Waals surface area (Å²) in [7, 11) is 0. The number of carboxylic acid groups (broad SMARTS) is 1. The summed E-state index contributed by atoms with van der Waals surface area (Å²) in [6.45, 7) is 4.58. The third kappa shape index (κ3) is 14.7. The number of carboxylic acids is 1. The number of hydrogen-bond acceptors (Lipinski definition) is 3. The predicted molar refractivity (Wildman–Crippen MR) is 98.1 cm³/mol. The van der Waals surface area contributed by atoms with E-state index in [0.717, 1.165) is 18.8 Å². The molecule has 0 heterocycles. The minimum Gasteiger partial charge on any atom is -0.479 e. The van der Waals surface area contributed by atoms with E-state index >= 15 is 0 Å². The first kappa shape index (κ1) is 23.1. The summed E-state index contributed by atoms with van der Waals surface area (Å²) in [6.07, 6.45) is 14.3. The molecule has 0 fully saturated rings. The molecule has 2 N–H and O–H groups in total. The van der Waals surface area contributed by atoms with Crippen LogP contribution in [0.5, 0.6) is 0 Å². The maximum atomic E-state index is 11.3. The smallest absolute Gasteiger partial charge is 0.340 e. The standard InChI is InChI=1S/C20H38O4/c1-17(2)15-13-11-9-7-5-3-4-6-8-10-12-14-16-18(21)19(22)20(23)24/h17,19,22H,3-16H2,1-2H3,(H,23,24). The maximum Gasteiger partial charge on any atom is 0.340 e. The van der Waals surface area contributed by atoms with Crippen molar-refractivity contribution in [2.24, 2.45) is 5.92 Å². The lowest BCUT2D eigenvalue weighted by molar-refractivity contribution is -0.152. The number of aliphatic carboxylic acids is 1. The van der Waals surface area contributed by atoms with Gasteiger partial charge >= 0.3 is 5.97 Å². The van der Waals surface area contributed by atoms with Crippen molar-refractivity contribution in [2.45, 2.75) is 110 Å². The molecule has 4 nitrogen and oxygen atoms in total. The van der Waals surface area contributed by atoms with Crippen LogP contribution < -0.4 is 0 Å². The van der Waals surface area contributed by atoms with E-state index in [2.05, 4.69) is 13.8 Å². The van der Waals surface area contributed by atoms with Crippen molar-refractivity contribution < 1.29 is 19.8 Å². The highest BCUT2D eigenvalue weighted by Crippen LogP contribution is 2.14. The quantitative estimate of drug-likeness (QED) is 0.284. The van der Waals surface area contributed by atoms with Crippen molar-refractivity contribution in [3.63, 3.8) is 0 Å². The number of rotatable bonds is 17. The molecule has 0 aromatic heterocycles. The number of unbranched alkanes of at least 4 members (excludes halogenated alkanes) is 11. The lowest BCUT2D eigenvalue weighted by atomic mass is 10.0. The van der Waals surface area contributed by atoms with E-state index in [0.29, 0.717) is 6.42 Å². The highest BCUT2D eigenvalue weighted by molar-refractivity contribution is 6.00. The second kappa shape index (κ2) is 15.6. The van der Waals surface area contributed by atoms with Crippen LogP contribution in [0.15, 0.2) is 0 Å². The maximum absolute atomic E-state index is 11.3. The van der Waals surface area contributed by atoms with Gasteiger partial charge in [0.15, 0.2) is 5.78 Å². The largest absolute Gasteiger partial charge is 0.479 e. The van der Waals surface area contributed by atoms with Crippen LogP contribution in [0.25, 0.3) is 0 Å². The molecule has 0 aromatic carbocycles. The summed E-state index contributed by atoms with van der Waals surface area (Å²) in [5.41, 5.74) is 0. The highest BCUT2D eigenvalue weighted by Gasteiger charge is 2.21. The molecule has 0 bridgehead atoms. The lowest BCUT2D eigenvalue weighted by Gasteiger charge is -2.05. The molecule has 0 aliphatic heterocycles. The first-order valence-electron chi connectivity index (χ1n) is 9.88. The van der Waals surface area contributed by atoms with Crippen molar-refractivity contribution in [1.29, 1.82) is 0 Å². The molecule has 142 valence electrons. The average molecular weight is 343 g/mol. The molecule has 0 saturated carbocycles. The third-order valence-electron chi connectivity index (χ3n) is 4.49. The molecule has 0 radical (unpaired) electrons. The summed E-state index contributed by atoms with van der Waals surface area (Å²) in [5, 5.41) is 17.6. The minimum absolute atomic E-state index is 0.171. The molecular formula is C20H38O4. The summed E-state index contributed by atoms with van der Waals surface area (Å²) in [6, 6.07) is 0. The van der Waals surface area contributed by atoms with Crippen molar-refractivity contribution >= 4 is 11.8 Å². The molecule has 0 amide bonds. The van der Waals surface area contributed by atoms with Gasteiger partial charge in [-0.2, -0.15) is 0 Å². The summed E-state index contributed by atoms with van der Waals surface area (Å²) in [4.78, 5) is 21.7. The Morgan fingerprint density at radius 1 is 0.708 bits per heavy atom. The molecule has 0 rings (SSSR count). The second-order valence-electron chi connectivity index (χ2n) is 7.38. The van der Waals surface area contributed by atoms with Gasteiger partial charge in [-0.05, 0) is 12.3 Å². The zero-order valence-electron chi connectivity index (χ0n) is 15.8. The Balaban J connectivity index is 3.20. The molecule has 0 saturated heterocycles. The van der Waals surface area contributed by atoms with E-state index in [9.17, 15) is 9.59 Å². The number of aliphatic hydroxyl groups excluding tert-OH is 1. The zero-order valence-corrected chi connectivity index (χ0v) is 15.8. The van der Waals surface area contributed by atoms with Gasteiger partial charge in [0.05, 0.1) is 0 Å². The number of carbonyl (C=O) groups is 2. The second-order valence-corrected chi connectivity index (χ2v) is 7.38. The van der Waals surface area contributed by atoms with Crippen LogP contribution in [-0.4, -0.2) is 28.1 Å². The van der Waals surface area contributed by atoms with Gasteiger partial charge in [-0.3, -0.25) is 4.79 Å². The zero-order chi connectivity index (χ0) is 18.2. The van der Waals surface area contributed by atoms with Crippen LogP contribution in [-0.2, 0) is 9.59 Å². The molecule has 1 atom stereocenters. The summed E-state index contributed by atoms with van der Waals surface area (Å²) < 4.78 is 0. The van der Waals surface area contributed by atoms with Crippen LogP contribution in [0.2, 0.25) is 0 Å². The van der Waals surface area contributed by atoms with Gasteiger partial charge in [-0.1, -0.05) is 90.9 Å². The van der Waals surface area contributed by atoms with Gasteiger partial charge in [0.1, 0.15) is 0 Å². The summed E-state index contributed by atoms with van der Waals surface area (Å²) >= 11 is 0. The first-order valence-corrected chi connectivity index (χ1v) is 9.88. The highest BCUT2D eigenvalue weighted by atomic mass is 16.4. The van der Waals surface area contributed by atoms with Crippen molar-refractivity contribution in [3.05, 3.63) is 0 Å². The third-order valence-corrected chi connectivity index (χ3v) is 4.49. The van der Waals surface area contributed by atoms with Crippen LogP contribution in [0.1, 0.15) is 104 Å². The van der Waals surface area contributed by atoms with Crippen LogP contribution >= 0.6 is 0 Å². The van der Waals surface area contributed by atoms with Gasteiger partial charge < -0.3 is 10.2 Å². The van der Waals surface area contributed by atoms with Crippen molar-refractivity contribution in [2.75, 3.05) is 0 Å². The van der Waals surface area contributed by atoms with Crippen LogP contribution in [0.3, 0.4) is 0 Å². The van der Waals surface area contributed by atoms with E-state index in [4.69, 9.17) is 10.2 Å². The number of ketones is 1. The Hall–Kier alpha value is -0.900. The van der Waals surface area contributed by atoms with Crippen LogP contribution in [0, 0.1) is 5.92 Å². The van der Waals surface area contributed by atoms with Gasteiger partial charge in [-0.15, -0.1) is 0 Å². The molecule has 0 aliphatic carbocycles. The number of Topliss-reactive ketones (excluding diaryl/α,β-unsaturated/α-hetero) is 1. The molecule has 1 unspecified atom stereocenters. The Labute approximate surface area is 148 Å². The predicted octanol–water partition coefficient (Wildman–Crippen LogP) is 5.12. The molecule has 0 aromatic rings. The number of aliphatic hydroxyl groups is 1. The molecular weight excluding hydrogens is 304 g/mol. The van der Waals surface area contributed by atoms with E-state index in [1.165, 1.54) is 64.2 Å². The molecule has 4 heteroatoms. The minimum atomic E-state index is -1.84. The Kier molecular flexibility index (Phi) is 15.0. The van der Waals surface area contributed by atoms with Gasteiger partial charge in [-0.25, -0.2) is 4.79 Å². The van der Waals surface area contributed by atoms with Crippen LogP contribution in [0.4, 0.5) is 0 Å². The molecule has 0 spiro atoms. The normalized spacial score (nSPS) is 12.5. The van der Waals surface area contributed by atoms with E-state index in [1.807, 2.05) is 0 Å². The lowest BCUT2D eigenvalue weighted by Crippen LogP contribution is -2.29. The topological polar surface area (TPSA) is 74.6 Å². The van der Waals surface area contributed by atoms with E-state index in [1.54, 1.807) is 0 Å². The first-order chi connectivity index (χ1) is 11.4. The van der Waals surface area contributed by atoms with E-state index in [-0.39, 0.29) is 6.42 Å². The Morgan fingerprint density at radius 2 is 1.08 bits per heavy atom. The summed E-state index contributed by atoms with van der Waals surface area (Å²) in [5.74, 6) is -1.18. The van der Waals surface area contributed by atoms with Gasteiger partial charge in [0, 0.05) is 6.42 Å². The fourth-order valence-corrected chi connectivity index (χ4v) is 2.89. The van der Waals surface area contributed by atoms with Gasteiger partial charge in [0.2, 0.25) is 6.10 Å². The van der Waals surface area contributed by atoms with Gasteiger partial charge in [0.25, 0.3) is 0 Å². The Morgan fingerprint density at radius 3 is 1.46 bits per heavy atom. The van der Waals surface area contributed by atoms with Crippen molar-refractivity contribution in [1.82, 2.24) is 0 Å². The SMILES string of the molecule is CC(C)CCCCCCCCCCCCCCC(=O)C(O)C(=O)O.